The quantitative estimate of drug-likeness (QED) is 0.304. The van der Waals surface area contributed by atoms with Crippen LogP contribution in [0.1, 0.15) is 16.1 Å². The van der Waals surface area contributed by atoms with Gasteiger partial charge in [0.25, 0.3) is 11.6 Å². The third-order valence-electron chi connectivity index (χ3n) is 3.81. The van der Waals surface area contributed by atoms with E-state index in [4.69, 9.17) is 0 Å². The number of nitrogens with one attached hydrogen (secondary N) is 2. The van der Waals surface area contributed by atoms with Gasteiger partial charge >= 0.3 is 0 Å². The van der Waals surface area contributed by atoms with Gasteiger partial charge in [0.2, 0.25) is 0 Å². The van der Waals surface area contributed by atoms with E-state index in [1.807, 2.05) is 25.1 Å². The Bertz CT molecular complexity index is 936. The van der Waals surface area contributed by atoms with Gasteiger partial charge in [-0.15, -0.1) is 11.8 Å². The zero-order chi connectivity index (χ0) is 17.8. The molecular formula is C18H17N3O3S. The van der Waals surface area contributed by atoms with Gasteiger partial charge in [0.15, 0.2) is 0 Å². The number of nitrogens with zero attached hydrogens (tertiary/aromatic N) is 1. The maximum absolute atomic E-state index is 12.2. The Balaban J connectivity index is 1.61. The fourth-order valence-electron chi connectivity index (χ4n) is 2.67. The van der Waals surface area contributed by atoms with E-state index in [9.17, 15) is 14.9 Å². The molecule has 2 aromatic carbocycles. The smallest absolute Gasteiger partial charge is 0.282 e. The van der Waals surface area contributed by atoms with Crippen molar-refractivity contribution in [1.82, 2.24) is 10.3 Å². The molecule has 0 saturated heterocycles. The average Bonchev–Trinajstić information content (AvgIpc) is 2.93. The van der Waals surface area contributed by atoms with Crippen molar-refractivity contribution >= 4 is 34.3 Å². The van der Waals surface area contributed by atoms with Gasteiger partial charge in [-0.2, -0.15) is 0 Å². The molecule has 0 unspecified atom stereocenters. The van der Waals surface area contributed by atoms with Gasteiger partial charge in [0, 0.05) is 39.9 Å². The number of nitro benzene ring substituents is 1. The number of para-hydroxylation sites is 2. The van der Waals surface area contributed by atoms with Crippen LogP contribution in [-0.4, -0.2) is 28.1 Å². The first-order chi connectivity index (χ1) is 12.1. The molecule has 6 nitrogen and oxygen atoms in total. The predicted molar refractivity (Wildman–Crippen MR) is 99.2 cm³/mol. The molecule has 1 heterocycles. The van der Waals surface area contributed by atoms with Crippen molar-refractivity contribution in [2.45, 2.75) is 11.8 Å². The van der Waals surface area contributed by atoms with Crippen LogP contribution >= 0.6 is 11.8 Å². The summed E-state index contributed by atoms with van der Waals surface area (Å²) in [5.41, 5.74) is 2.09. The van der Waals surface area contributed by atoms with Gasteiger partial charge < -0.3 is 10.3 Å². The highest BCUT2D eigenvalue weighted by atomic mass is 32.2. The van der Waals surface area contributed by atoms with E-state index in [1.165, 1.54) is 12.1 Å². The Kier molecular flexibility index (Phi) is 5.04. The molecule has 3 rings (SSSR count). The summed E-state index contributed by atoms with van der Waals surface area (Å²) in [6.45, 7) is 2.45. The number of amides is 1. The number of hydrogen-bond donors (Lipinski definition) is 2. The second-order valence-corrected chi connectivity index (χ2v) is 6.61. The van der Waals surface area contributed by atoms with Crippen molar-refractivity contribution in [3.05, 3.63) is 69.9 Å². The van der Waals surface area contributed by atoms with Crippen LogP contribution in [-0.2, 0) is 0 Å². The maximum Gasteiger partial charge on any atom is 0.282 e. The molecule has 3 aromatic rings. The highest BCUT2D eigenvalue weighted by Crippen LogP contribution is 2.30. The molecule has 0 aliphatic heterocycles. The fourth-order valence-corrected chi connectivity index (χ4v) is 3.68. The molecule has 1 amide bonds. The number of thioether (sulfide) groups is 1. The average molecular weight is 355 g/mol. The van der Waals surface area contributed by atoms with Crippen molar-refractivity contribution in [2.75, 3.05) is 12.3 Å². The van der Waals surface area contributed by atoms with Gasteiger partial charge in [-0.3, -0.25) is 14.9 Å². The van der Waals surface area contributed by atoms with Crippen LogP contribution < -0.4 is 5.32 Å². The first-order valence-electron chi connectivity index (χ1n) is 7.79. The third-order valence-corrected chi connectivity index (χ3v) is 5.04. The number of carbonyl (C=O) groups excluding carboxylic acids is 1. The Morgan fingerprint density at radius 1 is 1.20 bits per heavy atom. The highest BCUT2D eigenvalue weighted by Gasteiger charge is 2.18. The lowest BCUT2D eigenvalue weighted by Crippen LogP contribution is -2.26. The molecule has 0 aliphatic rings. The van der Waals surface area contributed by atoms with E-state index < -0.39 is 10.8 Å². The molecule has 0 fully saturated rings. The lowest BCUT2D eigenvalue weighted by atomic mass is 10.1. The maximum atomic E-state index is 12.2. The summed E-state index contributed by atoms with van der Waals surface area (Å²) >= 11 is 1.65. The van der Waals surface area contributed by atoms with Gasteiger partial charge in [-0.1, -0.05) is 30.3 Å². The van der Waals surface area contributed by atoms with Gasteiger partial charge in [0.05, 0.1) is 4.92 Å². The number of hydrogen-bond acceptors (Lipinski definition) is 4. The lowest BCUT2D eigenvalue weighted by Gasteiger charge is -2.06. The van der Waals surface area contributed by atoms with Crippen LogP contribution in [0.25, 0.3) is 10.9 Å². The number of benzene rings is 2. The topological polar surface area (TPSA) is 88.0 Å². The third kappa shape index (κ3) is 3.66. The zero-order valence-electron chi connectivity index (χ0n) is 13.6. The largest absolute Gasteiger partial charge is 0.358 e. The monoisotopic (exact) mass is 355 g/mol. The van der Waals surface area contributed by atoms with Crippen molar-refractivity contribution in [2.24, 2.45) is 0 Å². The van der Waals surface area contributed by atoms with Crippen molar-refractivity contribution in [1.29, 1.82) is 0 Å². The highest BCUT2D eigenvalue weighted by molar-refractivity contribution is 7.99. The SMILES string of the molecule is Cc1[nH]c2ccccc2c1SCCNC(=O)c1ccccc1[N+](=O)[O-]. The number of fused-ring (bicyclic) bond motifs is 1. The molecule has 0 radical (unpaired) electrons. The second kappa shape index (κ2) is 7.40. The van der Waals surface area contributed by atoms with Crippen LogP contribution in [0.4, 0.5) is 5.69 Å². The summed E-state index contributed by atoms with van der Waals surface area (Å²) in [5, 5.41) is 14.9. The minimum atomic E-state index is -0.543. The van der Waals surface area contributed by atoms with E-state index in [1.54, 1.807) is 23.9 Å². The molecule has 7 heteroatoms. The van der Waals surface area contributed by atoms with Crippen molar-refractivity contribution in [3.63, 3.8) is 0 Å². The molecule has 2 N–H and O–H groups in total. The number of carbonyl (C=O) groups is 1. The van der Waals surface area contributed by atoms with Gasteiger partial charge in [-0.05, 0) is 19.1 Å². The van der Waals surface area contributed by atoms with Crippen molar-refractivity contribution in [3.8, 4) is 0 Å². The van der Waals surface area contributed by atoms with Crippen LogP contribution in [0.15, 0.2) is 53.4 Å². The molecule has 25 heavy (non-hydrogen) atoms. The molecule has 0 bridgehead atoms. The number of aromatic amines is 1. The number of aromatic nitrogens is 1. The van der Waals surface area contributed by atoms with Crippen molar-refractivity contribution < 1.29 is 9.72 Å². The minimum Gasteiger partial charge on any atom is -0.358 e. The fraction of sp³-hybridized carbons (Fsp3) is 0.167. The zero-order valence-corrected chi connectivity index (χ0v) is 14.4. The van der Waals surface area contributed by atoms with Crippen LogP contribution in [0.3, 0.4) is 0 Å². The number of nitro groups is 1. The molecule has 0 spiro atoms. The van der Waals surface area contributed by atoms with Crippen LogP contribution in [0, 0.1) is 17.0 Å². The number of rotatable bonds is 6. The molecule has 0 saturated carbocycles. The predicted octanol–water partition coefficient (Wildman–Crippen LogP) is 3.91. The normalized spacial score (nSPS) is 10.8. The number of H-pyrrole nitrogens is 1. The Hall–Kier alpha value is -2.80. The summed E-state index contributed by atoms with van der Waals surface area (Å²) in [4.78, 5) is 27.1. The molecule has 128 valence electrons. The molecule has 0 aliphatic carbocycles. The number of aryl methyl sites for hydroxylation is 1. The van der Waals surface area contributed by atoms with E-state index in [0.29, 0.717) is 12.3 Å². The van der Waals surface area contributed by atoms with E-state index >= 15 is 0 Å². The lowest BCUT2D eigenvalue weighted by molar-refractivity contribution is -0.385. The summed E-state index contributed by atoms with van der Waals surface area (Å²) < 4.78 is 0. The second-order valence-electron chi connectivity index (χ2n) is 5.50. The Morgan fingerprint density at radius 3 is 2.72 bits per heavy atom. The van der Waals surface area contributed by atoms with E-state index in [0.717, 1.165) is 21.5 Å². The van der Waals surface area contributed by atoms with E-state index in [2.05, 4.69) is 16.4 Å². The summed E-state index contributed by atoms with van der Waals surface area (Å²) in [7, 11) is 0. The first kappa shape index (κ1) is 17.0. The summed E-state index contributed by atoms with van der Waals surface area (Å²) in [6.07, 6.45) is 0. The molecule has 0 atom stereocenters. The van der Waals surface area contributed by atoms with E-state index in [-0.39, 0.29) is 11.3 Å². The Morgan fingerprint density at radius 2 is 1.92 bits per heavy atom. The molecule has 1 aromatic heterocycles. The standard InChI is InChI=1S/C18H17N3O3S/c1-12-17(13-6-2-4-8-15(13)20-12)25-11-10-19-18(22)14-7-3-5-9-16(14)21(23)24/h2-9,20H,10-11H2,1H3,(H,19,22). The van der Waals surface area contributed by atoms with Crippen LogP contribution in [0.2, 0.25) is 0 Å². The molecular weight excluding hydrogens is 338 g/mol. The Labute approximate surface area is 148 Å². The summed E-state index contributed by atoms with van der Waals surface area (Å²) in [6, 6.07) is 14.0. The summed E-state index contributed by atoms with van der Waals surface area (Å²) in [5.74, 6) is 0.248. The van der Waals surface area contributed by atoms with Crippen LogP contribution in [0.5, 0.6) is 0 Å². The van der Waals surface area contributed by atoms with Gasteiger partial charge in [-0.25, -0.2) is 0 Å². The van der Waals surface area contributed by atoms with Gasteiger partial charge in [0.1, 0.15) is 5.56 Å². The first-order valence-corrected chi connectivity index (χ1v) is 8.78. The minimum absolute atomic E-state index is 0.0841.